The Labute approximate surface area is 152 Å². The molecule has 1 aromatic heterocycles. The van der Waals surface area contributed by atoms with Crippen molar-refractivity contribution < 1.29 is 9.72 Å². The number of halogens is 1. The normalized spacial score (nSPS) is 13.0. The fourth-order valence-corrected chi connectivity index (χ4v) is 2.15. The molecule has 0 radical (unpaired) electrons. The van der Waals surface area contributed by atoms with E-state index in [1.807, 2.05) is 20.8 Å². The highest BCUT2D eigenvalue weighted by Gasteiger charge is 2.29. The first-order valence-corrected chi connectivity index (χ1v) is 7.60. The molecule has 0 spiro atoms. The molecule has 0 saturated carbocycles. The highest BCUT2D eigenvalue weighted by molar-refractivity contribution is 5.92. The largest absolute Gasteiger partial charge is 0.344 e. The number of carbonyl (C=O) groups excluding carboxylic acids is 1. The smallest absolute Gasteiger partial charge is 0.294 e. The molecule has 1 aromatic carbocycles. The Kier molecular flexibility index (Phi) is 6.66. The molecule has 0 saturated heterocycles. The molecule has 0 aliphatic rings. The molecular weight excluding hydrogens is 346 g/mol. The van der Waals surface area contributed by atoms with Gasteiger partial charge in [0.2, 0.25) is 0 Å². The first-order valence-electron chi connectivity index (χ1n) is 7.60. The molecule has 9 heteroatoms. The number of nitrogens with two attached hydrogens (primary N) is 1. The lowest BCUT2D eigenvalue weighted by molar-refractivity contribution is -0.384. The van der Waals surface area contributed by atoms with Crippen LogP contribution >= 0.6 is 12.4 Å². The van der Waals surface area contributed by atoms with Crippen LogP contribution in [0.1, 0.15) is 31.3 Å². The van der Waals surface area contributed by atoms with Crippen LogP contribution < -0.4 is 11.1 Å². The topological polar surface area (TPSA) is 116 Å². The van der Waals surface area contributed by atoms with Gasteiger partial charge >= 0.3 is 0 Å². The summed E-state index contributed by atoms with van der Waals surface area (Å²) < 4.78 is 1.32. The quantitative estimate of drug-likeness (QED) is 0.600. The van der Waals surface area contributed by atoms with Crippen LogP contribution in [0.2, 0.25) is 0 Å². The molecule has 2 aromatic rings. The van der Waals surface area contributed by atoms with Gasteiger partial charge in [0.05, 0.1) is 10.5 Å². The van der Waals surface area contributed by atoms with Crippen molar-refractivity contribution in [1.82, 2.24) is 15.1 Å². The Hall–Kier alpha value is -2.45. The molecular formula is C16H22ClN5O3. The van der Waals surface area contributed by atoms with E-state index in [9.17, 15) is 14.9 Å². The van der Waals surface area contributed by atoms with Gasteiger partial charge in [-0.3, -0.25) is 14.9 Å². The van der Waals surface area contributed by atoms with E-state index >= 15 is 0 Å². The minimum Gasteiger partial charge on any atom is -0.344 e. The molecule has 8 nitrogen and oxygen atoms in total. The Morgan fingerprint density at radius 3 is 2.60 bits per heavy atom. The number of hydrogen-bond donors (Lipinski definition) is 2. The molecule has 1 heterocycles. The molecule has 0 bridgehead atoms. The Morgan fingerprint density at radius 2 is 2.04 bits per heavy atom. The Morgan fingerprint density at radius 1 is 1.40 bits per heavy atom. The van der Waals surface area contributed by atoms with Crippen molar-refractivity contribution in [2.45, 2.75) is 26.3 Å². The van der Waals surface area contributed by atoms with Crippen molar-refractivity contribution in [2.24, 2.45) is 11.7 Å². The molecule has 1 atom stereocenters. The Balaban J connectivity index is 0.00000312. The molecule has 136 valence electrons. The second-order valence-electron chi connectivity index (χ2n) is 6.12. The van der Waals surface area contributed by atoms with Crippen LogP contribution in [0.3, 0.4) is 0 Å². The maximum absolute atomic E-state index is 12.4. The lowest BCUT2D eigenvalue weighted by Gasteiger charge is -2.33. The minimum absolute atomic E-state index is 0. The van der Waals surface area contributed by atoms with E-state index in [-0.39, 0.29) is 35.6 Å². The standard InChI is InChI=1S/C16H21N5O3.ClH/c1-11(2)16(3,10-17)18-15(22)12-8-9-20(19-12)13-6-4-5-7-14(13)21(23)24;/h4-9,11H,10,17H2,1-3H3,(H,18,22);1H. The first kappa shape index (κ1) is 20.6. The van der Waals surface area contributed by atoms with E-state index in [0.717, 1.165) is 0 Å². The Bertz CT molecular complexity index is 762. The average Bonchev–Trinajstić information content (AvgIpc) is 3.04. The van der Waals surface area contributed by atoms with Gasteiger partial charge in [0, 0.05) is 18.8 Å². The van der Waals surface area contributed by atoms with E-state index in [0.29, 0.717) is 12.2 Å². The maximum Gasteiger partial charge on any atom is 0.294 e. The third kappa shape index (κ3) is 4.34. The van der Waals surface area contributed by atoms with Crippen LogP contribution in [0.25, 0.3) is 5.69 Å². The molecule has 1 amide bonds. The number of benzene rings is 1. The summed E-state index contributed by atoms with van der Waals surface area (Å²) in [7, 11) is 0. The zero-order valence-electron chi connectivity index (χ0n) is 14.3. The molecule has 1 unspecified atom stereocenters. The predicted molar refractivity (Wildman–Crippen MR) is 97.2 cm³/mol. The van der Waals surface area contributed by atoms with Crippen LogP contribution in [-0.4, -0.2) is 32.7 Å². The van der Waals surface area contributed by atoms with Crippen LogP contribution in [0.5, 0.6) is 0 Å². The van der Waals surface area contributed by atoms with Crippen molar-refractivity contribution in [3.8, 4) is 5.69 Å². The van der Waals surface area contributed by atoms with Crippen molar-refractivity contribution >= 4 is 24.0 Å². The number of nitrogens with zero attached hydrogens (tertiary/aromatic N) is 3. The average molecular weight is 368 g/mol. The molecule has 0 fully saturated rings. The number of nitro benzene ring substituents is 1. The van der Waals surface area contributed by atoms with E-state index in [1.165, 1.54) is 23.0 Å². The number of nitrogens with one attached hydrogen (secondary N) is 1. The molecule has 25 heavy (non-hydrogen) atoms. The second kappa shape index (κ2) is 8.09. The van der Waals surface area contributed by atoms with E-state index in [4.69, 9.17) is 5.73 Å². The fourth-order valence-electron chi connectivity index (χ4n) is 2.15. The van der Waals surface area contributed by atoms with E-state index in [2.05, 4.69) is 10.4 Å². The van der Waals surface area contributed by atoms with Gasteiger partial charge in [-0.05, 0) is 25.0 Å². The van der Waals surface area contributed by atoms with Crippen molar-refractivity contribution in [1.29, 1.82) is 0 Å². The monoisotopic (exact) mass is 367 g/mol. The van der Waals surface area contributed by atoms with Gasteiger partial charge in [-0.2, -0.15) is 5.10 Å². The van der Waals surface area contributed by atoms with Crippen LogP contribution in [-0.2, 0) is 0 Å². The van der Waals surface area contributed by atoms with Crippen molar-refractivity contribution in [3.05, 3.63) is 52.3 Å². The summed E-state index contributed by atoms with van der Waals surface area (Å²) >= 11 is 0. The van der Waals surface area contributed by atoms with Gasteiger partial charge in [0.15, 0.2) is 5.69 Å². The summed E-state index contributed by atoms with van der Waals surface area (Å²) in [6.45, 7) is 6.11. The van der Waals surface area contributed by atoms with Crippen molar-refractivity contribution in [2.75, 3.05) is 6.54 Å². The van der Waals surface area contributed by atoms with Crippen LogP contribution in [0, 0.1) is 16.0 Å². The first-order chi connectivity index (χ1) is 11.3. The number of aromatic nitrogens is 2. The van der Waals surface area contributed by atoms with Crippen LogP contribution in [0.15, 0.2) is 36.5 Å². The SMILES string of the molecule is CC(C)C(C)(CN)NC(=O)c1ccn(-c2ccccc2[N+](=O)[O-])n1.Cl. The lowest BCUT2D eigenvalue weighted by Crippen LogP contribution is -2.55. The van der Waals surface area contributed by atoms with Crippen molar-refractivity contribution in [3.63, 3.8) is 0 Å². The zero-order valence-corrected chi connectivity index (χ0v) is 15.1. The van der Waals surface area contributed by atoms with E-state index < -0.39 is 10.5 Å². The molecule has 0 aliphatic carbocycles. The summed E-state index contributed by atoms with van der Waals surface area (Å²) in [5, 5.41) is 18.2. The number of rotatable bonds is 6. The van der Waals surface area contributed by atoms with E-state index in [1.54, 1.807) is 18.2 Å². The van der Waals surface area contributed by atoms with Gasteiger partial charge in [0.25, 0.3) is 11.6 Å². The lowest BCUT2D eigenvalue weighted by atomic mass is 9.88. The summed E-state index contributed by atoms with van der Waals surface area (Å²) in [6, 6.07) is 7.73. The summed E-state index contributed by atoms with van der Waals surface area (Å²) in [5.41, 5.74) is 5.60. The summed E-state index contributed by atoms with van der Waals surface area (Å²) in [6.07, 6.45) is 1.52. The zero-order chi connectivity index (χ0) is 17.9. The molecule has 2 rings (SSSR count). The summed E-state index contributed by atoms with van der Waals surface area (Å²) in [4.78, 5) is 23.0. The third-order valence-electron chi connectivity index (χ3n) is 4.24. The second-order valence-corrected chi connectivity index (χ2v) is 6.12. The highest BCUT2D eigenvalue weighted by Crippen LogP contribution is 2.22. The molecule has 3 N–H and O–H groups in total. The van der Waals surface area contributed by atoms with Gasteiger partial charge in [-0.25, -0.2) is 4.68 Å². The highest BCUT2D eigenvalue weighted by atomic mass is 35.5. The number of nitro groups is 1. The van der Waals surface area contributed by atoms with Gasteiger partial charge in [0.1, 0.15) is 5.69 Å². The van der Waals surface area contributed by atoms with Crippen LogP contribution in [0.4, 0.5) is 5.69 Å². The third-order valence-corrected chi connectivity index (χ3v) is 4.24. The molecule has 0 aliphatic heterocycles. The number of carbonyl (C=O) groups is 1. The minimum atomic E-state index is -0.556. The van der Waals surface area contributed by atoms with Gasteiger partial charge in [-0.15, -0.1) is 12.4 Å². The van der Waals surface area contributed by atoms with Gasteiger partial charge < -0.3 is 11.1 Å². The predicted octanol–water partition coefficient (Wildman–Crippen LogP) is 2.31. The summed E-state index contributed by atoms with van der Waals surface area (Å²) in [5.74, 6) is -0.224. The fraction of sp³-hybridized carbons (Fsp3) is 0.375. The number of hydrogen-bond acceptors (Lipinski definition) is 5. The maximum atomic E-state index is 12.4. The number of amides is 1. The number of para-hydroxylation sites is 2. The van der Waals surface area contributed by atoms with Gasteiger partial charge in [-0.1, -0.05) is 26.0 Å².